The van der Waals surface area contributed by atoms with Gasteiger partial charge in [0.05, 0.1) is 19.3 Å². The molecule has 0 heterocycles. The van der Waals surface area contributed by atoms with Crippen LogP contribution >= 0.6 is 7.82 Å². The molecule has 334 valence electrons. The van der Waals surface area contributed by atoms with Gasteiger partial charge in [0, 0.05) is 12.8 Å². The second-order valence-corrected chi connectivity index (χ2v) is 15.4. The first-order valence-corrected chi connectivity index (χ1v) is 22.9. The van der Waals surface area contributed by atoms with Gasteiger partial charge in [0.25, 0.3) is 0 Å². The molecule has 0 aliphatic heterocycles. The van der Waals surface area contributed by atoms with E-state index in [1.807, 2.05) is 37.3 Å². The Balaban J connectivity index is 4.55. The molecule has 1 unspecified atom stereocenters. The first kappa shape index (κ1) is 55.4. The van der Waals surface area contributed by atoms with Crippen molar-refractivity contribution in [2.75, 3.05) is 19.8 Å². The third-order valence-electron chi connectivity index (χ3n) is 8.47. The molecule has 0 fully saturated rings. The molecule has 0 aromatic rings. The summed E-state index contributed by atoms with van der Waals surface area (Å²) in [5.74, 6) is -2.52. The number of carbonyl (C=O) groups is 3. The van der Waals surface area contributed by atoms with Crippen molar-refractivity contribution in [3.05, 3.63) is 97.2 Å². The molecule has 0 bridgehead atoms. The highest BCUT2D eigenvalue weighted by Crippen LogP contribution is 2.43. The maximum absolute atomic E-state index is 12.6. The number of hydrogen-bond acceptors (Lipinski definition) is 10. The van der Waals surface area contributed by atoms with E-state index in [0.29, 0.717) is 25.7 Å². The monoisotopic (exact) mass is 847 g/mol. The summed E-state index contributed by atoms with van der Waals surface area (Å²) in [6.45, 7) is 2.33. The zero-order valence-electron chi connectivity index (χ0n) is 35.7. The number of ether oxygens (including phenoxy) is 2. The van der Waals surface area contributed by atoms with E-state index in [1.54, 1.807) is 6.08 Å². The smallest absolute Gasteiger partial charge is 0.472 e. The maximum atomic E-state index is 12.6. The second-order valence-electron chi connectivity index (χ2n) is 13.9. The summed E-state index contributed by atoms with van der Waals surface area (Å²) in [6.07, 6.45) is 47.1. The first-order chi connectivity index (χ1) is 28.5. The lowest BCUT2D eigenvalue weighted by Crippen LogP contribution is -2.34. The minimum absolute atomic E-state index is 0.110. The highest BCUT2D eigenvalue weighted by molar-refractivity contribution is 7.47. The van der Waals surface area contributed by atoms with E-state index in [2.05, 4.69) is 72.2 Å². The van der Waals surface area contributed by atoms with Crippen LogP contribution in [0, 0.1) is 0 Å². The Labute approximate surface area is 354 Å². The summed E-state index contributed by atoms with van der Waals surface area (Å²) in [5, 5.41) is 18.4. The summed E-state index contributed by atoms with van der Waals surface area (Å²) in [5.41, 5.74) is 5.32. The van der Waals surface area contributed by atoms with E-state index in [4.69, 9.17) is 24.8 Å². The van der Waals surface area contributed by atoms with Gasteiger partial charge in [0.15, 0.2) is 6.10 Å². The zero-order valence-corrected chi connectivity index (χ0v) is 36.6. The van der Waals surface area contributed by atoms with Crippen LogP contribution in [0.25, 0.3) is 0 Å². The number of nitrogens with two attached hydrogens (primary N) is 1. The Morgan fingerprint density at radius 2 is 1.10 bits per heavy atom. The van der Waals surface area contributed by atoms with Crippen LogP contribution in [0.4, 0.5) is 0 Å². The van der Waals surface area contributed by atoms with Gasteiger partial charge < -0.3 is 30.3 Å². The van der Waals surface area contributed by atoms with Crippen molar-refractivity contribution in [2.24, 2.45) is 5.73 Å². The number of carboxylic acid groups (broad SMARTS) is 1. The minimum atomic E-state index is -4.75. The largest absolute Gasteiger partial charge is 0.480 e. The molecule has 59 heavy (non-hydrogen) atoms. The number of esters is 2. The minimum Gasteiger partial charge on any atom is -0.480 e. The summed E-state index contributed by atoms with van der Waals surface area (Å²) >= 11 is 0. The number of phosphoric ester groups is 1. The fourth-order valence-corrected chi connectivity index (χ4v) is 5.72. The van der Waals surface area contributed by atoms with Crippen molar-refractivity contribution in [2.45, 2.75) is 154 Å². The van der Waals surface area contributed by atoms with Crippen molar-refractivity contribution in [3.8, 4) is 0 Å². The zero-order chi connectivity index (χ0) is 43.7. The summed E-state index contributed by atoms with van der Waals surface area (Å²) in [4.78, 5) is 45.9. The van der Waals surface area contributed by atoms with Crippen LogP contribution in [-0.2, 0) is 37.5 Å². The van der Waals surface area contributed by atoms with Crippen LogP contribution < -0.4 is 5.73 Å². The Bertz CT molecular complexity index is 1380. The van der Waals surface area contributed by atoms with E-state index in [0.717, 1.165) is 64.2 Å². The van der Waals surface area contributed by atoms with Gasteiger partial charge in [-0.15, -0.1) is 0 Å². The maximum Gasteiger partial charge on any atom is 0.472 e. The highest BCUT2D eigenvalue weighted by Gasteiger charge is 2.28. The Kier molecular flexibility index (Phi) is 37.3. The molecule has 0 rings (SSSR count). The van der Waals surface area contributed by atoms with Gasteiger partial charge in [-0.1, -0.05) is 137 Å². The van der Waals surface area contributed by atoms with Gasteiger partial charge >= 0.3 is 25.7 Å². The Morgan fingerprint density at radius 3 is 1.66 bits per heavy atom. The predicted octanol–water partition coefficient (Wildman–Crippen LogP) is 10.2. The average molecular weight is 848 g/mol. The van der Waals surface area contributed by atoms with Gasteiger partial charge in [0.1, 0.15) is 12.6 Å². The fraction of sp³-hybridized carbons (Fsp3) is 0.587. The Morgan fingerprint density at radius 1 is 0.610 bits per heavy atom. The molecule has 0 amide bonds. The number of carboxylic acids is 1. The number of aliphatic hydroxyl groups is 1. The van der Waals surface area contributed by atoms with Crippen LogP contribution in [0.1, 0.15) is 136 Å². The molecule has 12 nitrogen and oxygen atoms in total. The predicted molar refractivity (Wildman–Crippen MR) is 236 cm³/mol. The molecule has 0 saturated carbocycles. The average Bonchev–Trinajstić information content (AvgIpc) is 3.21. The van der Waals surface area contributed by atoms with E-state index in [-0.39, 0.29) is 12.8 Å². The topological polar surface area (TPSA) is 192 Å². The van der Waals surface area contributed by atoms with Gasteiger partial charge in [-0.2, -0.15) is 0 Å². The molecule has 0 saturated heterocycles. The normalized spacial score (nSPS) is 15.2. The number of aliphatic carboxylic acids is 1. The van der Waals surface area contributed by atoms with Crippen molar-refractivity contribution in [1.82, 2.24) is 0 Å². The lowest BCUT2D eigenvalue weighted by Gasteiger charge is -2.20. The molecule has 0 spiro atoms. The number of allylic oxidation sites excluding steroid dienone is 15. The van der Waals surface area contributed by atoms with Crippen molar-refractivity contribution < 1.29 is 52.6 Å². The van der Waals surface area contributed by atoms with E-state index < -0.39 is 63.8 Å². The fourth-order valence-electron chi connectivity index (χ4n) is 4.94. The highest BCUT2D eigenvalue weighted by atomic mass is 31.2. The lowest BCUT2D eigenvalue weighted by atomic mass is 10.1. The molecule has 13 heteroatoms. The summed E-state index contributed by atoms with van der Waals surface area (Å²) < 4.78 is 32.6. The quantitative estimate of drug-likeness (QED) is 0.0151. The van der Waals surface area contributed by atoms with Crippen LogP contribution in [0.15, 0.2) is 97.2 Å². The van der Waals surface area contributed by atoms with Crippen LogP contribution in [-0.4, -0.2) is 71.1 Å². The molecule has 0 aliphatic rings. The SMILES string of the molecule is CCCCC/C=C\C/C=C\C/C=C\CCCCCCC(=O)O[C@H](COC(=O)CCC/C=C\C/C=C\C/C=C\C/C=C\C=C\[C@@H](O)CC)COP(=O)(O)OC[C@H](N)C(=O)O. The molecular formula is C46H74NO11P. The van der Waals surface area contributed by atoms with E-state index in [9.17, 15) is 28.9 Å². The molecule has 0 aromatic heterocycles. The van der Waals surface area contributed by atoms with Crippen LogP contribution in [0.5, 0.6) is 0 Å². The molecule has 4 atom stereocenters. The standard InChI is InChI=1S/C46H74NO11P/c1-3-5-6-7-8-9-10-11-12-13-14-19-22-25-28-31-34-37-45(50)58-42(39-56-59(53,54)57-40-43(47)46(51)52)38-55-44(49)36-33-30-27-24-21-18-16-15-17-20-23-26-29-32-35-41(48)4-2/h8-9,11-12,14,16-20,24,26-27,29,32,35,41-43,48H,3-7,10,13,15,21-23,25,28,30-31,33-34,36-40,47H2,1-2H3,(H,51,52)(H,53,54)/b9-8-,12-11-,18-16-,19-14-,20-17-,27-24-,29-26-,35-32+/t41-,42+,43-/m0/s1. The summed E-state index contributed by atoms with van der Waals surface area (Å²) in [6, 6.07) is -1.54. The number of phosphoric acid groups is 1. The second kappa shape index (κ2) is 39.8. The molecular weight excluding hydrogens is 773 g/mol. The number of rotatable bonds is 38. The van der Waals surface area contributed by atoms with Crippen molar-refractivity contribution >= 4 is 25.7 Å². The number of aliphatic hydroxyl groups excluding tert-OH is 1. The van der Waals surface area contributed by atoms with Crippen molar-refractivity contribution in [1.29, 1.82) is 0 Å². The first-order valence-electron chi connectivity index (χ1n) is 21.4. The van der Waals surface area contributed by atoms with Gasteiger partial charge in [-0.25, -0.2) is 4.57 Å². The van der Waals surface area contributed by atoms with Gasteiger partial charge in [0.2, 0.25) is 0 Å². The number of hydrogen-bond donors (Lipinski definition) is 4. The van der Waals surface area contributed by atoms with Crippen LogP contribution in [0.3, 0.4) is 0 Å². The Hall–Kier alpha value is -3.64. The molecule has 0 aromatic carbocycles. The summed E-state index contributed by atoms with van der Waals surface area (Å²) in [7, 11) is -4.75. The van der Waals surface area contributed by atoms with E-state index >= 15 is 0 Å². The van der Waals surface area contributed by atoms with Gasteiger partial charge in [-0.05, 0) is 83.5 Å². The third-order valence-corrected chi connectivity index (χ3v) is 9.42. The van der Waals surface area contributed by atoms with Gasteiger partial charge in [-0.3, -0.25) is 23.4 Å². The number of unbranched alkanes of at least 4 members (excludes halogenated alkanes) is 8. The van der Waals surface area contributed by atoms with Crippen LogP contribution in [0.2, 0.25) is 0 Å². The van der Waals surface area contributed by atoms with E-state index in [1.165, 1.54) is 19.3 Å². The molecule has 0 radical (unpaired) electrons. The number of carbonyl (C=O) groups excluding carboxylic acids is 2. The third kappa shape index (κ3) is 39.6. The lowest BCUT2D eigenvalue weighted by molar-refractivity contribution is -0.161. The molecule has 0 aliphatic carbocycles. The molecule has 5 N–H and O–H groups in total. The van der Waals surface area contributed by atoms with Crippen molar-refractivity contribution in [3.63, 3.8) is 0 Å².